The van der Waals surface area contributed by atoms with Crippen LogP contribution >= 0.6 is 11.6 Å². The Hall–Kier alpha value is -2.72. The Balaban J connectivity index is 0.00000109. The molecule has 5 heteroatoms. The molecule has 1 aromatic heterocycles. The van der Waals surface area contributed by atoms with Crippen LogP contribution in [-0.4, -0.2) is 9.78 Å². The van der Waals surface area contributed by atoms with Crippen molar-refractivity contribution in [1.29, 1.82) is 0 Å². The molecule has 3 aromatic rings. The lowest BCUT2D eigenvalue weighted by atomic mass is 10.0. The Bertz CT molecular complexity index is 852. The van der Waals surface area contributed by atoms with Gasteiger partial charge in [0.05, 0.1) is 16.3 Å². The quantitative estimate of drug-likeness (QED) is 0.715. The van der Waals surface area contributed by atoms with Crippen LogP contribution in [0.2, 0.25) is 0 Å². The van der Waals surface area contributed by atoms with Crippen molar-refractivity contribution in [2.45, 2.75) is 13.8 Å². The summed E-state index contributed by atoms with van der Waals surface area (Å²) in [4.78, 5) is 0. The zero-order valence-electron chi connectivity index (χ0n) is 14.7. The van der Waals surface area contributed by atoms with Gasteiger partial charge in [0.1, 0.15) is 11.5 Å². The summed E-state index contributed by atoms with van der Waals surface area (Å²) in [6.07, 6.45) is 0. The monoisotopic (exact) mass is 354 g/mol. The molecule has 4 N–H and O–H groups in total. The predicted molar refractivity (Wildman–Crippen MR) is 108 cm³/mol. The van der Waals surface area contributed by atoms with E-state index in [1.165, 1.54) is 0 Å². The molecule has 1 heterocycles. The summed E-state index contributed by atoms with van der Waals surface area (Å²) in [5, 5.41) is 4.90. The number of nitrogen functional groups attached to an aromatic ring is 1. The largest absolute Gasteiger partial charge is 0.397 e. The van der Waals surface area contributed by atoms with Gasteiger partial charge in [-0.2, -0.15) is 5.10 Å². The highest BCUT2D eigenvalue weighted by Gasteiger charge is 2.20. The van der Waals surface area contributed by atoms with Crippen molar-refractivity contribution < 1.29 is 0 Å². The number of nitrogens with zero attached hydrogens (tertiary/aromatic N) is 2. The van der Waals surface area contributed by atoms with Gasteiger partial charge in [-0.15, -0.1) is 0 Å². The van der Waals surface area contributed by atoms with E-state index in [1.54, 1.807) is 11.7 Å². The molecular formula is C20H23ClN4. The fraction of sp³-hybridized carbons (Fsp3) is 0.150. The maximum absolute atomic E-state index is 6.59. The highest BCUT2D eigenvalue weighted by atomic mass is 35.5. The van der Waals surface area contributed by atoms with Crippen molar-refractivity contribution in [3.05, 3.63) is 71.8 Å². The second kappa shape index (κ2) is 8.40. The van der Waals surface area contributed by atoms with Crippen LogP contribution in [0.3, 0.4) is 0 Å². The fourth-order valence-corrected chi connectivity index (χ4v) is 2.73. The molecule has 4 nitrogen and oxygen atoms in total. The van der Waals surface area contributed by atoms with E-state index in [4.69, 9.17) is 23.1 Å². The van der Waals surface area contributed by atoms with Crippen LogP contribution in [0.15, 0.2) is 60.7 Å². The molecule has 0 fully saturated rings. The maximum Gasteiger partial charge on any atom is 0.130 e. The number of benzene rings is 2. The summed E-state index contributed by atoms with van der Waals surface area (Å²) in [7, 11) is 1.79. The molecule has 0 saturated carbocycles. The lowest BCUT2D eigenvalue weighted by molar-refractivity contribution is 0.782. The van der Waals surface area contributed by atoms with Gasteiger partial charge in [0.15, 0.2) is 0 Å². The van der Waals surface area contributed by atoms with E-state index in [0.29, 0.717) is 22.1 Å². The minimum absolute atomic E-state index is 0.403. The van der Waals surface area contributed by atoms with Crippen molar-refractivity contribution in [1.82, 2.24) is 9.78 Å². The highest BCUT2D eigenvalue weighted by Crippen LogP contribution is 2.37. The molecule has 0 atom stereocenters. The molecule has 0 aliphatic heterocycles. The lowest BCUT2D eigenvalue weighted by Gasteiger charge is -2.08. The van der Waals surface area contributed by atoms with Crippen LogP contribution in [0.5, 0.6) is 0 Å². The number of hydrogen-bond acceptors (Lipinski definition) is 3. The summed E-state index contributed by atoms with van der Waals surface area (Å²) in [5.74, 6) is 0.479. The van der Waals surface area contributed by atoms with Gasteiger partial charge in [-0.25, -0.2) is 0 Å². The number of hydrogen-bond donors (Lipinski definition) is 2. The summed E-state index contributed by atoms with van der Waals surface area (Å²) in [6, 6.07) is 19.4. The van der Waals surface area contributed by atoms with E-state index < -0.39 is 0 Å². The molecule has 3 rings (SSSR count). The number of rotatable bonds is 3. The number of aromatic nitrogens is 2. The fourth-order valence-electron chi connectivity index (χ4n) is 2.43. The third kappa shape index (κ3) is 3.86. The Morgan fingerprint density at radius 2 is 1.48 bits per heavy atom. The van der Waals surface area contributed by atoms with Gasteiger partial charge >= 0.3 is 0 Å². The highest BCUT2D eigenvalue weighted by molar-refractivity contribution is 6.53. The molecular weight excluding hydrogens is 332 g/mol. The lowest BCUT2D eigenvalue weighted by Crippen LogP contribution is -2.02. The summed E-state index contributed by atoms with van der Waals surface area (Å²) >= 11 is 6.59. The Morgan fingerprint density at radius 1 is 0.960 bits per heavy atom. The average Bonchev–Trinajstić information content (AvgIpc) is 2.98. The second-order valence-corrected chi connectivity index (χ2v) is 5.57. The predicted octanol–water partition coefficient (Wildman–Crippen LogP) is 4.72. The second-order valence-electron chi connectivity index (χ2n) is 5.19. The van der Waals surface area contributed by atoms with Crippen LogP contribution < -0.4 is 11.5 Å². The van der Waals surface area contributed by atoms with Crippen molar-refractivity contribution in [3.63, 3.8) is 0 Å². The van der Waals surface area contributed by atoms with Gasteiger partial charge in [0, 0.05) is 12.6 Å². The van der Waals surface area contributed by atoms with Crippen molar-refractivity contribution >= 4 is 28.1 Å². The number of anilines is 1. The van der Waals surface area contributed by atoms with Crippen LogP contribution in [0.1, 0.15) is 25.0 Å². The van der Waals surface area contributed by atoms with Gasteiger partial charge in [0.2, 0.25) is 0 Å². The van der Waals surface area contributed by atoms with Crippen LogP contribution in [0, 0.1) is 0 Å². The minimum Gasteiger partial charge on any atom is -0.397 e. The smallest absolute Gasteiger partial charge is 0.130 e. The first-order chi connectivity index (χ1) is 12.1. The molecule has 2 aromatic carbocycles. The first-order valence-corrected chi connectivity index (χ1v) is 8.56. The molecule has 0 radical (unpaired) electrons. The molecule has 130 valence electrons. The zero-order chi connectivity index (χ0) is 18.4. The number of aryl methyl sites for hydroxylation is 1. The first-order valence-electron chi connectivity index (χ1n) is 8.18. The molecule has 25 heavy (non-hydrogen) atoms. The third-order valence-corrected chi connectivity index (χ3v) is 4.07. The molecule has 0 bridgehead atoms. The standard InChI is InChI=1S/C18H17ClN4.C2H6/c1-23-18(21)14(17(22-23)13-10-6-3-7-11-13)15(19)16(20)12-8-4-2-5-9-12;1-2/h2-11H,20-21H2,1H3;1-2H3/b16-15+;. The zero-order valence-corrected chi connectivity index (χ0v) is 15.5. The molecule has 0 unspecified atom stereocenters. The molecule has 0 aliphatic rings. The Morgan fingerprint density at radius 3 is 2.04 bits per heavy atom. The van der Waals surface area contributed by atoms with Crippen LogP contribution in [0.4, 0.5) is 5.82 Å². The Labute approximate surface area is 153 Å². The summed E-state index contributed by atoms with van der Waals surface area (Å²) < 4.78 is 1.61. The van der Waals surface area contributed by atoms with E-state index in [0.717, 1.165) is 16.8 Å². The molecule has 0 spiro atoms. The first kappa shape index (κ1) is 18.6. The van der Waals surface area contributed by atoms with Gasteiger partial charge in [-0.3, -0.25) is 4.68 Å². The van der Waals surface area contributed by atoms with Crippen molar-refractivity contribution in [2.75, 3.05) is 5.73 Å². The number of halogens is 1. The normalized spacial score (nSPS) is 11.4. The van der Waals surface area contributed by atoms with E-state index in [2.05, 4.69) is 5.10 Å². The Kier molecular flexibility index (Phi) is 6.25. The molecule has 0 amide bonds. The summed E-state index contributed by atoms with van der Waals surface area (Å²) in [6.45, 7) is 4.00. The van der Waals surface area contributed by atoms with Crippen molar-refractivity contribution in [3.8, 4) is 11.3 Å². The SMILES string of the molecule is CC.Cn1nc(-c2ccccc2)c(/C(Cl)=C(\N)c2ccccc2)c1N. The maximum atomic E-state index is 6.59. The summed E-state index contributed by atoms with van der Waals surface area (Å²) in [5.41, 5.74) is 16.1. The van der Waals surface area contributed by atoms with E-state index >= 15 is 0 Å². The van der Waals surface area contributed by atoms with E-state index in [1.807, 2.05) is 74.5 Å². The van der Waals surface area contributed by atoms with Gasteiger partial charge < -0.3 is 11.5 Å². The van der Waals surface area contributed by atoms with Crippen molar-refractivity contribution in [2.24, 2.45) is 12.8 Å². The van der Waals surface area contributed by atoms with Gasteiger partial charge in [-0.05, 0) is 5.56 Å². The van der Waals surface area contributed by atoms with E-state index in [9.17, 15) is 0 Å². The molecule has 0 saturated heterocycles. The number of nitrogens with two attached hydrogens (primary N) is 2. The average molecular weight is 355 g/mol. The molecule has 0 aliphatic carbocycles. The minimum atomic E-state index is 0.403. The topological polar surface area (TPSA) is 69.9 Å². The van der Waals surface area contributed by atoms with Gasteiger partial charge in [0.25, 0.3) is 0 Å². The van der Waals surface area contributed by atoms with Crippen LogP contribution in [0.25, 0.3) is 22.0 Å². The van der Waals surface area contributed by atoms with Gasteiger partial charge in [-0.1, -0.05) is 86.1 Å². The third-order valence-electron chi connectivity index (χ3n) is 3.68. The van der Waals surface area contributed by atoms with Crippen LogP contribution in [-0.2, 0) is 7.05 Å². The van der Waals surface area contributed by atoms with E-state index in [-0.39, 0.29) is 0 Å².